The summed E-state index contributed by atoms with van der Waals surface area (Å²) in [6, 6.07) is 21.7. The van der Waals surface area contributed by atoms with Gasteiger partial charge in [0.05, 0.1) is 0 Å². The molecule has 2 aromatic carbocycles. The SMILES string of the molecule is CN1C[C@@H](N)CSC1(c1ccccc1)c1ccccc1. The van der Waals surface area contributed by atoms with Crippen LogP contribution in [0.4, 0.5) is 0 Å². The molecule has 2 N–H and O–H groups in total. The third kappa shape index (κ3) is 2.26. The standard InChI is InChI=1S/C17H20N2S/c1-19-12-16(18)13-20-17(19,14-8-4-2-5-9-14)15-10-6-3-7-11-15/h2-11,16H,12-13,18H2,1H3/t16-/m1/s1. The topological polar surface area (TPSA) is 29.3 Å². The maximum absolute atomic E-state index is 6.14. The molecule has 1 fully saturated rings. The zero-order valence-electron chi connectivity index (χ0n) is 11.7. The van der Waals surface area contributed by atoms with E-state index in [0.717, 1.165) is 12.3 Å². The lowest BCUT2D eigenvalue weighted by Crippen LogP contribution is -2.53. The third-order valence-electron chi connectivity index (χ3n) is 3.88. The maximum Gasteiger partial charge on any atom is 0.118 e. The van der Waals surface area contributed by atoms with Crippen LogP contribution in [0.3, 0.4) is 0 Å². The highest BCUT2D eigenvalue weighted by atomic mass is 32.2. The van der Waals surface area contributed by atoms with Crippen LogP contribution in [0.15, 0.2) is 60.7 Å². The van der Waals surface area contributed by atoms with E-state index in [4.69, 9.17) is 5.73 Å². The Balaban J connectivity index is 2.13. The van der Waals surface area contributed by atoms with Crippen LogP contribution >= 0.6 is 11.8 Å². The Kier molecular flexibility index (Phi) is 3.83. The number of rotatable bonds is 2. The smallest absolute Gasteiger partial charge is 0.118 e. The van der Waals surface area contributed by atoms with Crippen molar-refractivity contribution in [1.82, 2.24) is 4.90 Å². The van der Waals surface area contributed by atoms with Crippen LogP contribution in [0.25, 0.3) is 0 Å². The zero-order valence-corrected chi connectivity index (χ0v) is 12.5. The average molecular weight is 284 g/mol. The molecule has 0 saturated carbocycles. The van der Waals surface area contributed by atoms with Gasteiger partial charge >= 0.3 is 0 Å². The number of nitrogens with zero attached hydrogens (tertiary/aromatic N) is 1. The molecule has 3 heteroatoms. The molecule has 0 aromatic heterocycles. The molecule has 0 aliphatic carbocycles. The second-order valence-electron chi connectivity index (χ2n) is 5.33. The largest absolute Gasteiger partial charge is 0.326 e. The Hall–Kier alpha value is -1.29. The summed E-state index contributed by atoms with van der Waals surface area (Å²) >= 11 is 1.93. The van der Waals surface area contributed by atoms with Gasteiger partial charge in [0.25, 0.3) is 0 Å². The van der Waals surface area contributed by atoms with Gasteiger partial charge in [-0.1, -0.05) is 60.7 Å². The highest BCUT2D eigenvalue weighted by Gasteiger charge is 2.42. The molecule has 1 aliphatic heterocycles. The van der Waals surface area contributed by atoms with Crippen LogP contribution in [-0.4, -0.2) is 30.3 Å². The fourth-order valence-corrected chi connectivity index (χ4v) is 4.43. The van der Waals surface area contributed by atoms with Crippen molar-refractivity contribution >= 4 is 11.8 Å². The van der Waals surface area contributed by atoms with E-state index in [-0.39, 0.29) is 10.9 Å². The first kappa shape index (κ1) is 13.7. The first-order chi connectivity index (χ1) is 9.73. The van der Waals surface area contributed by atoms with Crippen molar-refractivity contribution in [2.75, 3.05) is 19.3 Å². The molecule has 0 amide bonds. The molecule has 3 rings (SSSR count). The van der Waals surface area contributed by atoms with Gasteiger partial charge in [-0.2, -0.15) is 0 Å². The van der Waals surface area contributed by atoms with Crippen LogP contribution in [0.5, 0.6) is 0 Å². The number of likely N-dealkylation sites (N-methyl/N-ethyl adjacent to an activating group) is 1. The lowest BCUT2D eigenvalue weighted by molar-refractivity contribution is 0.226. The predicted molar refractivity (Wildman–Crippen MR) is 86.7 cm³/mol. The van der Waals surface area contributed by atoms with Gasteiger partial charge in [0.15, 0.2) is 0 Å². The number of nitrogens with two attached hydrogens (primary N) is 1. The van der Waals surface area contributed by atoms with Gasteiger partial charge in [0.2, 0.25) is 0 Å². The Morgan fingerprint density at radius 3 is 1.95 bits per heavy atom. The average Bonchev–Trinajstić information content (AvgIpc) is 2.50. The maximum atomic E-state index is 6.14. The first-order valence-corrected chi connectivity index (χ1v) is 7.94. The van der Waals surface area contributed by atoms with Gasteiger partial charge in [-0.25, -0.2) is 0 Å². The summed E-state index contributed by atoms with van der Waals surface area (Å²) in [5.74, 6) is 0.980. The molecule has 1 aliphatic rings. The molecule has 1 atom stereocenters. The molecule has 0 radical (unpaired) electrons. The number of thioether (sulfide) groups is 1. The normalized spacial score (nSPS) is 22.6. The lowest BCUT2D eigenvalue weighted by Gasteiger charge is -2.47. The highest BCUT2D eigenvalue weighted by molar-refractivity contribution is 8.00. The van der Waals surface area contributed by atoms with Gasteiger partial charge in [-0.05, 0) is 18.2 Å². The van der Waals surface area contributed by atoms with E-state index in [2.05, 4.69) is 72.6 Å². The van der Waals surface area contributed by atoms with Crippen molar-refractivity contribution in [2.45, 2.75) is 10.9 Å². The van der Waals surface area contributed by atoms with E-state index in [1.54, 1.807) is 0 Å². The molecule has 2 nitrogen and oxygen atoms in total. The Bertz CT molecular complexity index is 516. The van der Waals surface area contributed by atoms with Crippen LogP contribution in [0.1, 0.15) is 11.1 Å². The second kappa shape index (κ2) is 5.60. The Labute approximate surface area is 125 Å². The minimum Gasteiger partial charge on any atom is -0.326 e. The van der Waals surface area contributed by atoms with Crippen LogP contribution in [0, 0.1) is 0 Å². The van der Waals surface area contributed by atoms with Gasteiger partial charge in [-0.15, -0.1) is 11.8 Å². The summed E-state index contributed by atoms with van der Waals surface area (Å²) in [5.41, 5.74) is 8.79. The summed E-state index contributed by atoms with van der Waals surface area (Å²) < 4.78 is 0. The molecule has 0 bridgehead atoms. The number of hydrogen-bond donors (Lipinski definition) is 1. The van der Waals surface area contributed by atoms with Gasteiger partial charge in [-0.3, -0.25) is 4.90 Å². The van der Waals surface area contributed by atoms with Crippen LogP contribution in [-0.2, 0) is 4.87 Å². The van der Waals surface area contributed by atoms with E-state index in [1.807, 2.05) is 11.8 Å². The van der Waals surface area contributed by atoms with Crippen molar-refractivity contribution in [3.05, 3.63) is 71.8 Å². The molecular formula is C17H20N2S. The third-order valence-corrected chi connectivity index (χ3v) is 5.68. The summed E-state index contributed by atoms with van der Waals surface area (Å²) in [7, 11) is 2.17. The minimum absolute atomic E-state index is 0.127. The fourth-order valence-electron chi connectivity index (χ4n) is 2.97. The van der Waals surface area contributed by atoms with E-state index in [0.29, 0.717) is 0 Å². The first-order valence-electron chi connectivity index (χ1n) is 6.95. The van der Waals surface area contributed by atoms with E-state index < -0.39 is 0 Å². The zero-order chi connectivity index (χ0) is 14.0. The molecule has 2 aromatic rings. The van der Waals surface area contributed by atoms with Crippen molar-refractivity contribution in [1.29, 1.82) is 0 Å². The van der Waals surface area contributed by atoms with Crippen LogP contribution in [0.2, 0.25) is 0 Å². The second-order valence-corrected chi connectivity index (χ2v) is 6.54. The molecule has 0 unspecified atom stereocenters. The molecule has 1 heterocycles. The Morgan fingerprint density at radius 2 is 1.50 bits per heavy atom. The molecule has 20 heavy (non-hydrogen) atoms. The molecule has 0 spiro atoms. The summed E-state index contributed by atoms with van der Waals surface area (Å²) in [4.78, 5) is 2.26. The predicted octanol–water partition coefficient (Wildman–Crippen LogP) is 2.89. The van der Waals surface area contributed by atoms with E-state index >= 15 is 0 Å². The lowest BCUT2D eigenvalue weighted by atomic mass is 9.95. The summed E-state index contributed by atoms with van der Waals surface area (Å²) in [6.07, 6.45) is 0. The van der Waals surface area contributed by atoms with Gasteiger partial charge in [0, 0.05) is 18.3 Å². The van der Waals surface area contributed by atoms with Crippen molar-refractivity contribution < 1.29 is 0 Å². The Morgan fingerprint density at radius 1 is 1.00 bits per heavy atom. The summed E-state index contributed by atoms with van der Waals surface area (Å²) in [5, 5.41) is 0. The van der Waals surface area contributed by atoms with Gasteiger partial charge < -0.3 is 5.73 Å². The van der Waals surface area contributed by atoms with Crippen LogP contribution < -0.4 is 5.73 Å². The fraction of sp³-hybridized carbons (Fsp3) is 0.294. The van der Waals surface area contributed by atoms with Crippen molar-refractivity contribution in [2.24, 2.45) is 5.73 Å². The summed E-state index contributed by atoms with van der Waals surface area (Å²) in [6.45, 7) is 0.913. The molecular weight excluding hydrogens is 264 g/mol. The molecule has 1 saturated heterocycles. The quantitative estimate of drug-likeness (QED) is 0.919. The number of hydrogen-bond acceptors (Lipinski definition) is 3. The van der Waals surface area contributed by atoms with E-state index in [9.17, 15) is 0 Å². The van der Waals surface area contributed by atoms with Gasteiger partial charge in [0.1, 0.15) is 4.87 Å². The number of benzene rings is 2. The van der Waals surface area contributed by atoms with Crippen molar-refractivity contribution in [3.63, 3.8) is 0 Å². The monoisotopic (exact) mass is 284 g/mol. The van der Waals surface area contributed by atoms with Crippen molar-refractivity contribution in [3.8, 4) is 0 Å². The molecule has 104 valence electrons. The highest BCUT2D eigenvalue weighted by Crippen LogP contribution is 2.47. The minimum atomic E-state index is -0.127. The van der Waals surface area contributed by atoms with E-state index in [1.165, 1.54) is 11.1 Å².